The molecule has 1 N–H and O–H groups in total. The van der Waals surface area contributed by atoms with E-state index in [4.69, 9.17) is 4.74 Å². The van der Waals surface area contributed by atoms with Gasteiger partial charge in [-0.1, -0.05) is 32.9 Å². The summed E-state index contributed by atoms with van der Waals surface area (Å²) in [5, 5.41) is 11.5. The monoisotopic (exact) mass is 285 g/mol. The molecular weight excluding hydrogens is 262 g/mol. The fourth-order valence-electron chi connectivity index (χ4n) is 2.07. The Balaban J connectivity index is 2.16. The molecule has 0 fully saturated rings. The van der Waals surface area contributed by atoms with Crippen molar-refractivity contribution in [3.05, 3.63) is 47.2 Å². The van der Waals surface area contributed by atoms with Crippen molar-refractivity contribution in [2.45, 2.75) is 40.2 Å². The second-order valence-corrected chi connectivity index (χ2v) is 5.44. The zero-order chi connectivity index (χ0) is 15.2. The summed E-state index contributed by atoms with van der Waals surface area (Å²) >= 11 is 0. The molecule has 0 unspecified atom stereocenters. The van der Waals surface area contributed by atoms with Crippen molar-refractivity contribution in [1.82, 2.24) is 15.5 Å². The predicted molar refractivity (Wildman–Crippen MR) is 84.8 cm³/mol. The lowest BCUT2D eigenvalue weighted by Gasteiger charge is -2.13. The number of benzene rings is 1. The topological polar surface area (TPSA) is 47.0 Å². The van der Waals surface area contributed by atoms with Crippen molar-refractivity contribution in [1.29, 1.82) is 0 Å². The molecule has 1 heterocycles. The Morgan fingerprint density at radius 1 is 1.14 bits per heavy atom. The van der Waals surface area contributed by atoms with Gasteiger partial charge in [0.2, 0.25) is 5.88 Å². The number of nitrogens with zero attached hydrogens (tertiary/aromatic N) is 2. The Hall–Kier alpha value is -1.94. The molecule has 112 valence electrons. The lowest BCUT2D eigenvalue weighted by molar-refractivity contribution is 0.445. The second kappa shape index (κ2) is 7.18. The predicted octanol–water partition coefficient (Wildman–Crippen LogP) is 3.81. The van der Waals surface area contributed by atoms with Crippen LogP contribution in [-0.4, -0.2) is 16.7 Å². The maximum atomic E-state index is 5.92. The zero-order valence-electron chi connectivity index (χ0n) is 13.2. The first kappa shape index (κ1) is 15.4. The number of hydrogen-bond donors (Lipinski definition) is 1. The molecule has 21 heavy (non-hydrogen) atoms. The van der Waals surface area contributed by atoms with Crippen molar-refractivity contribution in [2.75, 3.05) is 6.54 Å². The van der Waals surface area contributed by atoms with Crippen LogP contribution in [-0.2, 0) is 6.54 Å². The number of ether oxygens (including phenoxy) is 1. The molecule has 4 heteroatoms. The third-order valence-corrected chi connectivity index (χ3v) is 3.26. The summed E-state index contributed by atoms with van der Waals surface area (Å²) in [5.41, 5.74) is 3.27. The first-order valence-corrected chi connectivity index (χ1v) is 7.42. The molecule has 0 aliphatic rings. The minimum absolute atomic E-state index is 0.404. The maximum absolute atomic E-state index is 5.92. The minimum atomic E-state index is 0.404. The lowest BCUT2D eigenvalue weighted by Crippen LogP contribution is -2.13. The molecule has 0 spiro atoms. The summed E-state index contributed by atoms with van der Waals surface area (Å²) in [4.78, 5) is 0. The summed E-state index contributed by atoms with van der Waals surface area (Å²) in [6.45, 7) is 10.1. The number of aryl methyl sites for hydroxylation is 1. The molecule has 1 aromatic heterocycles. The van der Waals surface area contributed by atoms with E-state index in [0.29, 0.717) is 11.8 Å². The molecule has 1 aromatic carbocycles. The van der Waals surface area contributed by atoms with Gasteiger partial charge in [0.25, 0.3) is 0 Å². The van der Waals surface area contributed by atoms with E-state index in [1.54, 1.807) is 0 Å². The maximum Gasteiger partial charge on any atom is 0.238 e. The molecule has 0 aliphatic carbocycles. The van der Waals surface area contributed by atoms with E-state index in [-0.39, 0.29) is 0 Å². The average molecular weight is 285 g/mol. The van der Waals surface area contributed by atoms with Gasteiger partial charge in [-0.05, 0) is 42.6 Å². The Bertz CT molecular complexity index is 579. The number of nitrogens with one attached hydrogen (secondary N) is 1. The van der Waals surface area contributed by atoms with Gasteiger partial charge in [-0.15, -0.1) is 5.10 Å². The minimum Gasteiger partial charge on any atom is -0.437 e. The van der Waals surface area contributed by atoms with Gasteiger partial charge in [0.1, 0.15) is 5.75 Å². The molecule has 2 rings (SSSR count). The SMILES string of the molecule is CCNCc1ccc(Oc2cc(C)ccc2C(C)C)nn1. The Kier molecular flexibility index (Phi) is 5.28. The summed E-state index contributed by atoms with van der Waals surface area (Å²) in [5.74, 6) is 1.79. The average Bonchev–Trinajstić information content (AvgIpc) is 2.46. The van der Waals surface area contributed by atoms with E-state index in [2.05, 4.69) is 55.3 Å². The van der Waals surface area contributed by atoms with Crippen molar-refractivity contribution in [3.8, 4) is 11.6 Å². The van der Waals surface area contributed by atoms with Crippen LogP contribution in [0.25, 0.3) is 0 Å². The fourth-order valence-corrected chi connectivity index (χ4v) is 2.07. The van der Waals surface area contributed by atoms with Crippen LogP contribution in [0.2, 0.25) is 0 Å². The Labute approximate surface area is 126 Å². The second-order valence-electron chi connectivity index (χ2n) is 5.44. The van der Waals surface area contributed by atoms with Crippen LogP contribution in [0.15, 0.2) is 30.3 Å². The summed E-state index contributed by atoms with van der Waals surface area (Å²) in [6.07, 6.45) is 0. The fraction of sp³-hybridized carbons (Fsp3) is 0.412. The molecule has 0 saturated carbocycles. The van der Waals surface area contributed by atoms with Gasteiger partial charge in [-0.25, -0.2) is 0 Å². The highest BCUT2D eigenvalue weighted by molar-refractivity contribution is 5.41. The first-order valence-electron chi connectivity index (χ1n) is 7.42. The van der Waals surface area contributed by atoms with Crippen LogP contribution in [0.4, 0.5) is 0 Å². The quantitative estimate of drug-likeness (QED) is 0.876. The van der Waals surface area contributed by atoms with E-state index in [1.165, 1.54) is 11.1 Å². The van der Waals surface area contributed by atoms with E-state index < -0.39 is 0 Å². The molecule has 0 aliphatic heterocycles. The van der Waals surface area contributed by atoms with Gasteiger partial charge in [0.15, 0.2) is 0 Å². The summed E-state index contributed by atoms with van der Waals surface area (Å²) in [7, 11) is 0. The molecule has 0 saturated heterocycles. The van der Waals surface area contributed by atoms with Gasteiger partial charge >= 0.3 is 0 Å². The van der Waals surface area contributed by atoms with Gasteiger partial charge in [-0.3, -0.25) is 0 Å². The van der Waals surface area contributed by atoms with Gasteiger partial charge in [0, 0.05) is 12.6 Å². The molecule has 0 amide bonds. The molecule has 0 bridgehead atoms. The van der Waals surface area contributed by atoms with Crippen LogP contribution in [0.3, 0.4) is 0 Å². The zero-order valence-corrected chi connectivity index (χ0v) is 13.2. The third kappa shape index (κ3) is 4.26. The van der Waals surface area contributed by atoms with Crippen molar-refractivity contribution in [2.24, 2.45) is 0 Å². The van der Waals surface area contributed by atoms with Crippen LogP contribution in [0, 0.1) is 6.92 Å². The summed E-state index contributed by atoms with van der Waals surface area (Å²) < 4.78 is 5.92. The highest BCUT2D eigenvalue weighted by Gasteiger charge is 2.10. The molecule has 0 radical (unpaired) electrons. The van der Waals surface area contributed by atoms with Crippen LogP contribution < -0.4 is 10.1 Å². The van der Waals surface area contributed by atoms with E-state index >= 15 is 0 Å². The van der Waals surface area contributed by atoms with E-state index in [1.807, 2.05) is 18.2 Å². The van der Waals surface area contributed by atoms with Crippen molar-refractivity contribution in [3.63, 3.8) is 0 Å². The van der Waals surface area contributed by atoms with Crippen LogP contribution in [0.1, 0.15) is 43.5 Å². The Morgan fingerprint density at radius 2 is 1.95 bits per heavy atom. The first-order chi connectivity index (χ1) is 10.1. The van der Waals surface area contributed by atoms with Crippen LogP contribution >= 0.6 is 0 Å². The van der Waals surface area contributed by atoms with Crippen LogP contribution in [0.5, 0.6) is 11.6 Å². The molecule has 4 nitrogen and oxygen atoms in total. The van der Waals surface area contributed by atoms with E-state index in [0.717, 1.165) is 24.5 Å². The van der Waals surface area contributed by atoms with Crippen molar-refractivity contribution < 1.29 is 4.74 Å². The normalized spacial score (nSPS) is 10.9. The van der Waals surface area contributed by atoms with Gasteiger partial charge in [0.05, 0.1) is 5.69 Å². The number of aromatic nitrogens is 2. The highest BCUT2D eigenvalue weighted by atomic mass is 16.5. The largest absolute Gasteiger partial charge is 0.437 e. The third-order valence-electron chi connectivity index (χ3n) is 3.26. The smallest absolute Gasteiger partial charge is 0.238 e. The highest BCUT2D eigenvalue weighted by Crippen LogP contribution is 2.30. The number of hydrogen-bond acceptors (Lipinski definition) is 4. The molecule has 0 atom stereocenters. The van der Waals surface area contributed by atoms with Crippen molar-refractivity contribution >= 4 is 0 Å². The molecular formula is C17H23N3O. The summed E-state index contributed by atoms with van der Waals surface area (Å²) in [6, 6.07) is 10.1. The van der Waals surface area contributed by atoms with E-state index in [9.17, 15) is 0 Å². The lowest BCUT2D eigenvalue weighted by atomic mass is 10.0. The number of rotatable bonds is 6. The van der Waals surface area contributed by atoms with Gasteiger partial charge in [-0.2, -0.15) is 5.10 Å². The van der Waals surface area contributed by atoms with Gasteiger partial charge < -0.3 is 10.1 Å². The standard InChI is InChI=1S/C17H23N3O/c1-5-18-11-14-7-9-17(20-19-14)21-16-10-13(4)6-8-15(16)12(2)3/h6-10,12,18H,5,11H2,1-4H3. The molecule has 2 aromatic rings. The Morgan fingerprint density at radius 3 is 2.57 bits per heavy atom.